The van der Waals surface area contributed by atoms with Crippen molar-refractivity contribution in [1.29, 1.82) is 0 Å². The van der Waals surface area contributed by atoms with Gasteiger partial charge in [-0.25, -0.2) is 4.98 Å². The van der Waals surface area contributed by atoms with E-state index in [-0.39, 0.29) is 0 Å². The Morgan fingerprint density at radius 3 is 2.53 bits per heavy atom. The van der Waals surface area contributed by atoms with Crippen LogP contribution in [0.2, 0.25) is 0 Å². The molecule has 0 saturated heterocycles. The van der Waals surface area contributed by atoms with Crippen LogP contribution in [0.4, 0.5) is 11.5 Å². The van der Waals surface area contributed by atoms with Gasteiger partial charge >= 0.3 is 0 Å². The van der Waals surface area contributed by atoms with Crippen molar-refractivity contribution in [3.63, 3.8) is 0 Å². The number of nitrogens with zero attached hydrogens (tertiary/aromatic N) is 1. The van der Waals surface area contributed by atoms with Gasteiger partial charge in [0.15, 0.2) is 0 Å². The average Bonchev–Trinajstić information content (AvgIpc) is 2.33. The fourth-order valence-electron chi connectivity index (χ4n) is 2.56. The lowest BCUT2D eigenvalue weighted by atomic mass is 9.71. The first-order chi connectivity index (χ1) is 8.80. The van der Waals surface area contributed by atoms with Gasteiger partial charge in [-0.05, 0) is 49.7 Å². The molecule has 1 heterocycles. The minimum Gasteiger partial charge on any atom is -0.396 e. The third-order valence-electron chi connectivity index (χ3n) is 4.17. The number of hydrogen-bond donors (Lipinski definition) is 3. The number of rotatable bonds is 3. The Kier molecular flexibility index (Phi) is 3.72. The van der Waals surface area contributed by atoms with E-state index in [1.807, 2.05) is 13.0 Å². The van der Waals surface area contributed by atoms with Crippen molar-refractivity contribution in [3.8, 4) is 0 Å². The maximum absolute atomic E-state index is 10.6. The van der Waals surface area contributed by atoms with Crippen LogP contribution in [0.1, 0.15) is 45.1 Å². The number of nitrogen functional groups attached to an aromatic ring is 1. The summed E-state index contributed by atoms with van der Waals surface area (Å²) in [5.41, 5.74) is 7.32. The summed E-state index contributed by atoms with van der Waals surface area (Å²) < 4.78 is 0. The van der Waals surface area contributed by atoms with Gasteiger partial charge in [0.25, 0.3) is 0 Å². The number of pyridine rings is 1. The quantitative estimate of drug-likeness (QED) is 0.784. The maximum Gasteiger partial charge on any atom is 0.149 e. The van der Waals surface area contributed by atoms with E-state index in [2.05, 4.69) is 24.1 Å². The second kappa shape index (κ2) is 5.00. The highest BCUT2D eigenvalue weighted by Crippen LogP contribution is 2.40. The summed E-state index contributed by atoms with van der Waals surface area (Å²) in [5.74, 6) is 0.670. The van der Waals surface area contributed by atoms with Gasteiger partial charge in [-0.1, -0.05) is 13.8 Å². The third-order valence-corrected chi connectivity index (χ3v) is 4.17. The second-order valence-corrected chi connectivity index (χ2v) is 6.69. The lowest BCUT2D eigenvalue weighted by Gasteiger charge is -2.40. The summed E-state index contributed by atoms with van der Waals surface area (Å²) in [5, 5.41) is 13.8. The SMILES string of the molecule is Cc1cnc(NCC2(O)CCC(C)(C)CC2)c(N)c1. The second-order valence-electron chi connectivity index (χ2n) is 6.69. The molecule has 2 rings (SSSR count). The highest BCUT2D eigenvalue weighted by Gasteiger charge is 2.36. The predicted octanol–water partition coefficient (Wildman–Crippen LogP) is 2.72. The number of hydrogen-bond acceptors (Lipinski definition) is 4. The van der Waals surface area contributed by atoms with E-state index in [9.17, 15) is 5.11 Å². The number of aliphatic hydroxyl groups is 1. The Bertz CT molecular complexity index is 447. The van der Waals surface area contributed by atoms with Crippen LogP contribution in [-0.4, -0.2) is 22.2 Å². The van der Waals surface area contributed by atoms with E-state index in [1.165, 1.54) is 0 Å². The largest absolute Gasteiger partial charge is 0.396 e. The van der Waals surface area contributed by atoms with Crippen molar-refractivity contribution in [2.24, 2.45) is 5.41 Å². The van der Waals surface area contributed by atoms with Gasteiger partial charge in [0, 0.05) is 12.7 Å². The van der Waals surface area contributed by atoms with Crippen molar-refractivity contribution in [1.82, 2.24) is 4.98 Å². The zero-order chi connectivity index (χ0) is 14.1. The molecule has 0 spiro atoms. The molecular weight excluding hydrogens is 238 g/mol. The molecule has 0 unspecified atom stereocenters. The Morgan fingerprint density at radius 2 is 1.95 bits per heavy atom. The van der Waals surface area contributed by atoms with Crippen LogP contribution in [0.25, 0.3) is 0 Å². The van der Waals surface area contributed by atoms with Gasteiger partial charge < -0.3 is 16.2 Å². The molecule has 4 N–H and O–H groups in total. The van der Waals surface area contributed by atoms with Crippen LogP contribution in [0.15, 0.2) is 12.3 Å². The Hall–Kier alpha value is -1.29. The number of nitrogens with two attached hydrogens (primary N) is 1. The summed E-state index contributed by atoms with van der Waals surface area (Å²) in [6.45, 7) is 7.01. The van der Waals surface area contributed by atoms with Crippen molar-refractivity contribution >= 4 is 11.5 Å². The van der Waals surface area contributed by atoms with Gasteiger partial charge in [0.2, 0.25) is 0 Å². The molecule has 0 radical (unpaired) electrons. The van der Waals surface area contributed by atoms with Crippen molar-refractivity contribution in [2.45, 2.75) is 52.1 Å². The summed E-state index contributed by atoms with van der Waals surface area (Å²) in [6.07, 6.45) is 5.56. The molecule has 1 fully saturated rings. The molecule has 4 heteroatoms. The first-order valence-electron chi connectivity index (χ1n) is 6.98. The molecule has 19 heavy (non-hydrogen) atoms. The number of nitrogens with one attached hydrogen (secondary N) is 1. The van der Waals surface area contributed by atoms with E-state index in [1.54, 1.807) is 6.20 Å². The number of anilines is 2. The van der Waals surface area contributed by atoms with Gasteiger partial charge in [-0.15, -0.1) is 0 Å². The molecule has 0 bridgehead atoms. The lowest BCUT2D eigenvalue weighted by Crippen LogP contribution is -2.42. The standard InChI is InChI=1S/C15H25N3O/c1-11-8-12(16)13(17-9-11)18-10-15(19)6-4-14(2,3)5-7-15/h8-9,19H,4-7,10,16H2,1-3H3,(H,17,18). The van der Waals surface area contributed by atoms with E-state index >= 15 is 0 Å². The van der Waals surface area contributed by atoms with E-state index < -0.39 is 5.60 Å². The Morgan fingerprint density at radius 1 is 1.32 bits per heavy atom. The molecule has 0 aromatic carbocycles. The van der Waals surface area contributed by atoms with Crippen LogP contribution in [0, 0.1) is 12.3 Å². The van der Waals surface area contributed by atoms with Gasteiger partial charge in [-0.2, -0.15) is 0 Å². The molecular formula is C15H25N3O. The summed E-state index contributed by atoms with van der Waals surface area (Å²) in [6, 6.07) is 1.89. The maximum atomic E-state index is 10.6. The van der Waals surface area contributed by atoms with Crippen LogP contribution in [0.3, 0.4) is 0 Å². The highest BCUT2D eigenvalue weighted by molar-refractivity contribution is 5.61. The Balaban J connectivity index is 1.95. The molecule has 1 aliphatic carbocycles. The zero-order valence-electron chi connectivity index (χ0n) is 12.2. The molecule has 1 aromatic rings. The molecule has 0 amide bonds. The monoisotopic (exact) mass is 263 g/mol. The molecule has 1 saturated carbocycles. The lowest BCUT2D eigenvalue weighted by molar-refractivity contribution is -0.0145. The molecule has 106 valence electrons. The first-order valence-corrected chi connectivity index (χ1v) is 6.98. The van der Waals surface area contributed by atoms with Crippen LogP contribution >= 0.6 is 0 Å². The smallest absolute Gasteiger partial charge is 0.149 e. The topological polar surface area (TPSA) is 71.2 Å². The van der Waals surface area contributed by atoms with Crippen LogP contribution < -0.4 is 11.1 Å². The van der Waals surface area contributed by atoms with E-state index in [4.69, 9.17) is 5.73 Å². The van der Waals surface area contributed by atoms with Gasteiger partial charge in [0.05, 0.1) is 11.3 Å². The molecule has 0 atom stereocenters. The molecule has 0 aliphatic heterocycles. The van der Waals surface area contributed by atoms with Crippen LogP contribution in [-0.2, 0) is 0 Å². The molecule has 1 aromatic heterocycles. The zero-order valence-corrected chi connectivity index (χ0v) is 12.2. The van der Waals surface area contributed by atoms with Gasteiger partial charge in [0.1, 0.15) is 5.82 Å². The summed E-state index contributed by atoms with van der Waals surface area (Å²) in [4.78, 5) is 4.27. The average molecular weight is 263 g/mol. The van der Waals surface area contributed by atoms with E-state index in [0.29, 0.717) is 23.5 Å². The minimum absolute atomic E-state index is 0.355. The normalized spacial score (nSPS) is 21.1. The summed E-state index contributed by atoms with van der Waals surface area (Å²) in [7, 11) is 0. The third kappa shape index (κ3) is 3.60. The number of aryl methyl sites for hydroxylation is 1. The summed E-state index contributed by atoms with van der Waals surface area (Å²) >= 11 is 0. The molecule has 4 nitrogen and oxygen atoms in total. The van der Waals surface area contributed by atoms with Gasteiger partial charge in [-0.3, -0.25) is 0 Å². The van der Waals surface area contributed by atoms with Crippen molar-refractivity contribution in [3.05, 3.63) is 17.8 Å². The fourth-order valence-corrected chi connectivity index (χ4v) is 2.56. The first kappa shape index (κ1) is 14.1. The number of aromatic nitrogens is 1. The molecule has 1 aliphatic rings. The van der Waals surface area contributed by atoms with E-state index in [0.717, 1.165) is 31.2 Å². The fraction of sp³-hybridized carbons (Fsp3) is 0.667. The Labute approximate surface area is 115 Å². The van der Waals surface area contributed by atoms with Crippen LogP contribution in [0.5, 0.6) is 0 Å². The predicted molar refractivity (Wildman–Crippen MR) is 79.1 cm³/mol. The highest BCUT2D eigenvalue weighted by atomic mass is 16.3. The minimum atomic E-state index is -0.630. The van der Waals surface area contributed by atoms with Crippen molar-refractivity contribution in [2.75, 3.05) is 17.6 Å². The van der Waals surface area contributed by atoms with Crippen molar-refractivity contribution < 1.29 is 5.11 Å².